The average molecular weight is 285 g/mol. The molecule has 1 N–H and O–H groups in total. The number of aromatic nitrogens is 3. The highest BCUT2D eigenvalue weighted by Crippen LogP contribution is 2.44. The Labute approximate surface area is 123 Å². The van der Waals surface area contributed by atoms with Crippen LogP contribution in [0.3, 0.4) is 0 Å². The van der Waals surface area contributed by atoms with Crippen molar-refractivity contribution in [3.8, 4) is 0 Å². The monoisotopic (exact) mass is 285 g/mol. The lowest BCUT2D eigenvalue weighted by Gasteiger charge is -2.23. The number of rotatable bonds is 4. The third-order valence-corrected chi connectivity index (χ3v) is 4.94. The number of imidazole rings is 1. The quantitative estimate of drug-likeness (QED) is 0.937. The van der Waals surface area contributed by atoms with Gasteiger partial charge >= 0.3 is 5.97 Å². The number of hydrogen-bond acceptors (Lipinski definition) is 3. The van der Waals surface area contributed by atoms with Crippen molar-refractivity contribution in [1.29, 1.82) is 0 Å². The second-order valence-corrected chi connectivity index (χ2v) is 6.44. The van der Waals surface area contributed by atoms with E-state index in [1.165, 1.54) is 0 Å². The Bertz CT molecular complexity index is 697. The highest BCUT2D eigenvalue weighted by molar-refractivity contribution is 5.76. The number of carboxylic acid groups (broad SMARTS) is 1. The molecule has 0 atom stereocenters. The maximum atomic E-state index is 11.8. The van der Waals surface area contributed by atoms with Crippen molar-refractivity contribution in [2.24, 2.45) is 5.41 Å². The summed E-state index contributed by atoms with van der Waals surface area (Å²) in [6, 6.07) is 4.32. The highest BCUT2D eigenvalue weighted by Gasteiger charge is 2.43. The Morgan fingerprint density at radius 3 is 2.81 bits per heavy atom. The van der Waals surface area contributed by atoms with Crippen LogP contribution < -0.4 is 0 Å². The van der Waals surface area contributed by atoms with Crippen LogP contribution >= 0.6 is 0 Å². The lowest BCUT2D eigenvalue weighted by atomic mass is 9.82. The minimum absolute atomic E-state index is 0.465. The summed E-state index contributed by atoms with van der Waals surface area (Å²) in [7, 11) is 0. The largest absolute Gasteiger partial charge is 0.481 e. The van der Waals surface area contributed by atoms with Crippen molar-refractivity contribution in [3.63, 3.8) is 0 Å². The third-order valence-electron chi connectivity index (χ3n) is 4.94. The molecule has 0 bridgehead atoms. The molecule has 0 aliphatic heterocycles. The molecular formula is C16H19N3O2. The van der Waals surface area contributed by atoms with Gasteiger partial charge in [0, 0.05) is 18.7 Å². The van der Waals surface area contributed by atoms with Gasteiger partial charge in [0.1, 0.15) is 11.3 Å². The van der Waals surface area contributed by atoms with Crippen LogP contribution in [0, 0.1) is 5.41 Å². The van der Waals surface area contributed by atoms with Gasteiger partial charge in [-0.1, -0.05) is 12.8 Å². The normalized spacial score (nSPS) is 21.0. The molecule has 2 saturated carbocycles. The molecule has 2 fully saturated rings. The molecule has 0 spiro atoms. The van der Waals surface area contributed by atoms with E-state index in [4.69, 9.17) is 4.98 Å². The third kappa shape index (κ3) is 2.03. The van der Waals surface area contributed by atoms with E-state index in [0.29, 0.717) is 12.5 Å². The first-order valence-electron chi connectivity index (χ1n) is 7.75. The summed E-state index contributed by atoms with van der Waals surface area (Å²) < 4.78 is 2.19. The molecule has 5 nitrogen and oxygen atoms in total. The second kappa shape index (κ2) is 4.55. The van der Waals surface area contributed by atoms with E-state index in [1.807, 2.05) is 12.1 Å². The molecule has 110 valence electrons. The number of pyridine rings is 1. The zero-order valence-corrected chi connectivity index (χ0v) is 12.0. The molecule has 0 unspecified atom stereocenters. The smallest absolute Gasteiger partial charge is 0.310 e. The lowest BCUT2D eigenvalue weighted by Crippen LogP contribution is -2.31. The molecule has 0 radical (unpaired) electrons. The summed E-state index contributed by atoms with van der Waals surface area (Å²) in [5, 5.41) is 9.69. The van der Waals surface area contributed by atoms with Crippen molar-refractivity contribution in [1.82, 2.24) is 14.5 Å². The highest BCUT2D eigenvalue weighted by atomic mass is 16.4. The van der Waals surface area contributed by atoms with Crippen LogP contribution in [0.5, 0.6) is 0 Å². The number of carbonyl (C=O) groups is 1. The van der Waals surface area contributed by atoms with Crippen molar-refractivity contribution in [3.05, 3.63) is 24.2 Å². The Kier molecular flexibility index (Phi) is 2.77. The Hall–Kier alpha value is -1.91. The van der Waals surface area contributed by atoms with Crippen molar-refractivity contribution < 1.29 is 9.90 Å². The Balaban J connectivity index is 1.79. The number of carboxylic acids is 1. The SMILES string of the molecule is O=C(O)C1(Cc2nc3cccnc3n2C2CC2)CCCC1. The van der Waals surface area contributed by atoms with Crippen molar-refractivity contribution in [2.45, 2.75) is 51.0 Å². The first-order chi connectivity index (χ1) is 10.2. The summed E-state index contributed by atoms with van der Waals surface area (Å²) >= 11 is 0. The topological polar surface area (TPSA) is 68.0 Å². The molecule has 0 amide bonds. The second-order valence-electron chi connectivity index (χ2n) is 6.44. The molecule has 21 heavy (non-hydrogen) atoms. The minimum Gasteiger partial charge on any atom is -0.481 e. The molecule has 2 aromatic heterocycles. The van der Waals surface area contributed by atoms with Gasteiger partial charge in [-0.3, -0.25) is 4.79 Å². The number of nitrogens with zero attached hydrogens (tertiary/aromatic N) is 3. The number of hydrogen-bond donors (Lipinski definition) is 1. The molecule has 0 aromatic carbocycles. The molecule has 2 aliphatic rings. The van der Waals surface area contributed by atoms with E-state index in [2.05, 4.69) is 9.55 Å². The number of fused-ring (bicyclic) bond motifs is 1. The van der Waals surface area contributed by atoms with Gasteiger partial charge in [-0.2, -0.15) is 0 Å². The Morgan fingerprint density at radius 2 is 2.14 bits per heavy atom. The Morgan fingerprint density at radius 1 is 1.38 bits per heavy atom. The van der Waals surface area contributed by atoms with Crippen LogP contribution in [0.25, 0.3) is 11.2 Å². The average Bonchev–Trinajstić information content (AvgIpc) is 3.07. The fourth-order valence-electron chi connectivity index (χ4n) is 3.64. The van der Waals surface area contributed by atoms with Gasteiger partial charge < -0.3 is 9.67 Å². The van der Waals surface area contributed by atoms with Crippen molar-refractivity contribution >= 4 is 17.1 Å². The van der Waals surface area contributed by atoms with E-state index in [-0.39, 0.29) is 0 Å². The van der Waals surface area contributed by atoms with Gasteiger partial charge in [-0.25, -0.2) is 9.97 Å². The van der Waals surface area contributed by atoms with Crippen LogP contribution in [0.15, 0.2) is 18.3 Å². The van der Waals surface area contributed by atoms with E-state index in [9.17, 15) is 9.90 Å². The zero-order chi connectivity index (χ0) is 14.4. The molecule has 2 aliphatic carbocycles. The van der Waals surface area contributed by atoms with Gasteiger partial charge in [0.15, 0.2) is 5.65 Å². The summed E-state index contributed by atoms with van der Waals surface area (Å²) in [5.41, 5.74) is 1.18. The van der Waals surface area contributed by atoms with Crippen LogP contribution in [0.2, 0.25) is 0 Å². The van der Waals surface area contributed by atoms with E-state index in [0.717, 1.165) is 55.5 Å². The van der Waals surface area contributed by atoms with Gasteiger partial charge in [0.05, 0.1) is 5.41 Å². The minimum atomic E-state index is -0.664. The van der Waals surface area contributed by atoms with Gasteiger partial charge in [0.25, 0.3) is 0 Å². The fourth-order valence-corrected chi connectivity index (χ4v) is 3.64. The van der Waals surface area contributed by atoms with Crippen LogP contribution in [-0.4, -0.2) is 25.6 Å². The fraction of sp³-hybridized carbons (Fsp3) is 0.562. The van der Waals surface area contributed by atoms with Gasteiger partial charge in [-0.05, 0) is 37.8 Å². The van der Waals surface area contributed by atoms with Crippen LogP contribution in [0.4, 0.5) is 0 Å². The predicted molar refractivity (Wildman–Crippen MR) is 78.0 cm³/mol. The van der Waals surface area contributed by atoms with Gasteiger partial charge in [0.2, 0.25) is 0 Å². The maximum absolute atomic E-state index is 11.8. The summed E-state index contributed by atoms with van der Waals surface area (Å²) in [4.78, 5) is 20.9. The predicted octanol–water partition coefficient (Wildman–Crippen LogP) is 2.95. The van der Waals surface area contributed by atoms with Crippen molar-refractivity contribution in [2.75, 3.05) is 0 Å². The standard InChI is InChI=1S/C16H19N3O2/c20-15(21)16(7-1-2-8-16)10-13-18-12-4-3-9-17-14(12)19(13)11-5-6-11/h3-4,9,11H,1-2,5-8,10H2,(H,20,21). The molecule has 5 heteroatoms. The van der Waals surface area contributed by atoms with Gasteiger partial charge in [-0.15, -0.1) is 0 Å². The van der Waals surface area contributed by atoms with Crippen LogP contribution in [0.1, 0.15) is 50.4 Å². The van der Waals surface area contributed by atoms with Crippen LogP contribution in [-0.2, 0) is 11.2 Å². The van der Waals surface area contributed by atoms with E-state index >= 15 is 0 Å². The lowest BCUT2D eigenvalue weighted by molar-refractivity contribution is -0.148. The van der Waals surface area contributed by atoms with E-state index < -0.39 is 11.4 Å². The molecule has 4 rings (SSSR count). The molecule has 2 aromatic rings. The number of aliphatic carboxylic acids is 1. The molecule has 2 heterocycles. The maximum Gasteiger partial charge on any atom is 0.310 e. The van der Waals surface area contributed by atoms with E-state index in [1.54, 1.807) is 6.20 Å². The molecule has 0 saturated heterocycles. The zero-order valence-electron chi connectivity index (χ0n) is 12.0. The summed E-state index contributed by atoms with van der Waals surface area (Å²) in [6.45, 7) is 0. The first-order valence-corrected chi connectivity index (χ1v) is 7.75. The summed E-state index contributed by atoms with van der Waals surface area (Å²) in [5.74, 6) is 0.248. The summed E-state index contributed by atoms with van der Waals surface area (Å²) in [6.07, 6.45) is 8.17. The molecular weight excluding hydrogens is 266 g/mol. The first kappa shape index (κ1) is 12.8.